The topological polar surface area (TPSA) is 71.4 Å². The lowest BCUT2D eigenvalue weighted by Crippen LogP contribution is -2.22. The Morgan fingerprint density at radius 1 is 1.38 bits per heavy atom. The van der Waals surface area contributed by atoms with E-state index >= 15 is 0 Å². The molecule has 0 fully saturated rings. The number of carboxylic acid groups (broad SMARTS) is 1. The second kappa shape index (κ2) is 4.60. The van der Waals surface area contributed by atoms with E-state index in [9.17, 15) is 13.2 Å². The van der Waals surface area contributed by atoms with Crippen molar-refractivity contribution >= 4 is 15.8 Å². The zero-order chi connectivity index (χ0) is 10.6. The summed E-state index contributed by atoms with van der Waals surface area (Å²) >= 11 is 0. The summed E-state index contributed by atoms with van der Waals surface area (Å²) in [6, 6.07) is 0. The summed E-state index contributed by atoms with van der Waals surface area (Å²) < 4.78 is 21.9. The van der Waals surface area contributed by atoms with Gasteiger partial charge in [-0.2, -0.15) is 0 Å². The number of carboxylic acids is 1. The Kier molecular flexibility index (Phi) is 4.39. The zero-order valence-electron chi connectivity index (χ0n) is 8.15. The average Bonchev–Trinajstić information content (AvgIpc) is 1.81. The molecule has 0 aliphatic heterocycles. The summed E-state index contributed by atoms with van der Waals surface area (Å²) in [4.78, 5) is 10.4. The summed E-state index contributed by atoms with van der Waals surface area (Å²) in [5.74, 6) is -1.20. The van der Waals surface area contributed by atoms with Gasteiger partial charge < -0.3 is 5.11 Å². The SMILES string of the molecule is CC(C)C(CC(=O)O)CS(C)(=O)=O. The van der Waals surface area contributed by atoms with E-state index in [1.54, 1.807) is 0 Å². The van der Waals surface area contributed by atoms with Gasteiger partial charge in [-0.1, -0.05) is 13.8 Å². The first-order valence-electron chi connectivity index (χ1n) is 4.12. The quantitative estimate of drug-likeness (QED) is 0.724. The molecule has 0 saturated carbocycles. The van der Waals surface area contributed by atoms with Crippen LogP contribution in [-0.4, -0.2) is 31.5 Å². The molecule has 1 N–H and O–H groups in total. The number of aliphatic carboxylic acids is 1. The van der Waals surface area contributed by atoms with Crippen LogP contribution in [0, 0.1) is 11.8 Å². The van der Waals surface area contributed by atoms with E-state index in [4.69, 9.17) is 5.11 Å². The Hall–Kier alpha value is -0.580. The van der Waals surface area contributed by atoms with E-state index in [0.29, 0.717) is 0 Å². The van der Waals surface area contributed by atoms with E-state index in [0.717, 1.165) is 6.26 Å². The Labute approximate surface area is 78.9 Å². The normalized spacial score (nSPS) is 14.5. The zero-order valence-corrected chi connectivity index (χ0v) is 8.97. The Balaban J connectivity index is 4.36. The average molecular weight is 208 g/mol. The molecule has 0 aliphatic rings. The van der Waals surface area contributed by atoms with Gasteiger partial charge in [-0.25, -0.2) is 8.42 Å². The van der Waals surface area contributed by atoms with Crippen molar-refractivity contribution < 1.29 is 18.3 Å². The Morgan fingerprint density at radius 2 is 1.85 bits per heavy atom. The molecule has 0 saturated heterocycles. The minimum Gasteiger partial charge on any atom is -0.481 e. The van der Waals surface area contributed by atoms with Crippen molar-refractivity contribution in [2.75, 3.05) is 12.0 Å². The monoisotopic (exact) mass is 208 g/mol. The molecule has 0 aromatic carbocycles. The van der Waals surface area contributed by atoms with Gasteiger partial charge in [-0.15, -0.1) is 0 Å². The van der Waals surface area contributed by atoms with Gasteiger partial charge in [0.15, 0.2) is 0 Å². The van der Waals surface area contributed by atoms with E-state index in [-0.39, 0.29) is 24.0 Å². The summed E-state index contributed by atoms with van der Waals surface area (Å²) in [5, 5.41) is 8.53. The maximum Gasteiger partial charge on any atom is 0.303 e. The molecule has 5 heteroatoms. The molecule has 0 rings (SSSR count). The number of hydrogen-bond donors (Lipinski definition) is 1. The first-order valence-corrected chi connectivity index (χ1v) is 6.18. The summed E-state index contributed by atoms with van der Waals surface area (Å²) in [7, 11) is -3.08. The fraction of sp³-hybridized carbons (Fsp3) is 0.875. The highest BCUT2D eigenvalue weighted by atomic mass is 32.2. The molecule has 0 aliphatic carbocycles. The highest BCUT2D eigenvalue weighted by molar-refractivity contribution is 7.90. The lowest BCUT2D eigenvalue weighted by Gasteiger charge is -2.17. The molecule has 1 unspecified atom stereocenters. The molecule has 0 aromatic heterocycles. The summed E-state index contributed by atoms with van der Waals surface area (Å²) in [6.07, 6.45) is 1.05. The maximum absolute atomic E-state index is 10.9. The van der Waals surface area contributed by atoms with Crippen LogP contribution in [0.1, 0.15) is 20.3 Å². The molecule has 4 nitrogen and oxygen atoms in total. The van der Waals surface area contributed by atoms with Gasteiger partial charge in [-0.05, 0) is 11.8 Å². The smallest absolute Gasteiger partial charge is 0.303 e. The van der Waals surface area contributed by atoms with Crippen LogP contribution in [0.2, 0.25) is 0 Å². The second-order valence-electron chi connectivity index (χ2n) is 3.69. The highest BCUT2D eigenvalue weighted by Gasteiger charge is 2.21. The van der Waals surface area contributed by atoms with Crippen molar-refractivity contribution in [2.45, 2.75) is 20.3 Å². The predicted octanol–water partition coefficient (Wildman–Crippen LogP) is 0.778. The molecular formula is C8H16O4S. The van der Waals surface area contributed by atoms with Crippen LogP contribution in [0.3, 0.4) is 0 Å². The third-order valence-electron chi connectivity index (χ3n) is 1.90. The van der Waals surface area contributed by atoms with Gasteiger partial charge in [-0.3, -0.25) is 4.79 Å². The van der Waals surface area contributed by atoms with Crippen LogP contribution < -0.4 is 0 Å². The second-order valence-corrected chi connectivity index (χ2v) is 5.88. The third-order valence-corrected chi connectivity index (χ3v) is 2.93. The molecule has 1 atom stereocenters. The predicted molar refractivity (Wildman–Crippen MR) is 50.3 cm³/mol. The first-order chi connectivity index (χ1) is 5.72. The van der Waals surface area contributed by atoms with Gasteiger partial charge in [0.1, 0.15) is 9.84 Å². The molecule has 0 radical (unpaired) electrons. The highest BCUT2D eigenvalue weighted by Crippen LogP contribution is 2.17. The van der Waals surface area contributed by atoms with E-state index in [1.165, 1.54) is 0 Å². The van der Waals surface area contributed by atoms with Crippen LogP contribution in [0.4, 0.5) is 0 Å². The van der Waals surface area contributed by atoms with Gasteiger partial charge in [0.2, 0.25) is 0 Å². The molecule has 0 amide bonds. The number of hydrogen-bond acceptors (Lipinski definition) is 3. The van der Waals surface area contributed by atoms with E-state index in [1.807, 2.05) is 13.8 Å². The fourth-order valence-corrected chi connectivity index (χ4v) is 2.38. The molecular weight excluding hydrogens is 192 g/mol. The van der Waals surface area contributed by atoms with Crippen LogP contribution >= 0.6 is 0 Å². The van der Waals surface area contributed by atoms with Crippen LogP contribution in [0.5, 0.6) is 0 Å². The van der Waals surface area contributed by atoms with Gasteiger partial charge in [0, 0.05) is 12.7 Å². The maximum atomic E-state index is 10.9. The van der Waals surface area contributed by atoms with Crippen molar-refractivity contribution in [3.8, 4) is 0 Å². The Morgan fingerprint density at radius 3 is 2.08 bits per heavy atom. The molecule has 0 bridgehead atoms. The van der Waals surface area contributed by atoms with E-state index in [2.05, 4.69) is 0 Å². The Bertz CT molecular complexity index is 266. The molecule has 0 aromatic rings. The molecule has 13 heavy (non-hydrogen) atoms. The first kappa shape index (κ1) is 12.4. The van der Waals surface area contributed by atoms with Crippen LogP contribution in [0.25, 0.3) is 0 Å². The standard InChI is InChI=1S/C8H16O4S/c1-6(2)7(4-8(9)10)5-13(3,11)12/h6-7H,4-5H2,1-3H3,(H,9,10). The van der Waals surface area contributed by atoms with Crippen molar-refractivity contribution in [1.82, 2.24) is 0 Å². The van der Waals surface area contributed by atoms with Gasteiger partial charge >= 0.3 is 5.97 Å². The van der Waals surface area contributed by atoms with Crippen LogP contribution in [-0.2, 0) is 14.6 Å². The molecule has 78 valence electrons. The molecule has 0 spiro atoms. The number of carbonyl (C=O) groups is 1. The summed E-state index contributed by atoms with van der Waals surface area (Å²) in [6.45, 7) is 3.66. The third kappa shape index (κ3) is 6.57. The minimum atomic E-state index is -3.08. The number of sulfone groups is 1. The fourth-order valence-electron chi connectivity index (χ4n) is 1.10. The lowest BCUT2D eigenvalue weighted by atomic mass is 9.95. The van der Waals surface area contributed by atoms with Crippen molar-refractivity contribution in [3.63, 3.8) is 0 Å². The van der Waals surface area contributed by atoms with Crippen molar-refractivity contribution in [2.24, 2.45) is 11.8 Å². The van der Waals surface area contributed by atoms with E-state index < -0.39 is 15.8 Å². The lowest BCUT2D eigenvalue weighted by molar-refractivity contribution is -0.138. The minimum absolute atomic E-state index is 0.0447. The molecule has 0 heterocycles. The van der Waals surface area contributed by atoms with Crippen molar-refractivity contribution in [1.29, 1.82) is 0 Å². The largest absolute Gasteiger partial charge is 0.481 e. The van der Waals surface area contributed by atoms with Crippen molar-refractivity contribution in [3.05, 3.63) is 0 Å². The van der Waals surface area contributed by atoms with Gasteiger partial charge in [0.05, 0.1) is 5.75 Å². The summed E-state index contributed by atoms with van der Waals surface area (Å²) in [5.41, 5.74) is 0. The number of rotatable bonds is 5. The van der Waals surface area contributed by atoms with Gasteiger partial charge in [0.25, 0.3) is 0 Å². The van der Waals surface area contributed by atoms with Crippen LogP contribution in [0.15, 0.2) is 0 Å².